The lowest BCUT2D eigenvalue weighted by Gasteiger charge is -2.23. The molecule has 0 saturated carbocycles. The minimum atomic E-state index is 0.158. The Bertz CT molecular complexity index is 191. The van der Waals surface area contributed by atoms with E-state index in [-0.39, 0.29) is 5.91 Å². The summed E-state index contributed by atoms with van der Waals surface area (Å²) in [6, 6.07) is 0.604. The molecule has 94 valence electrons. The summed E-state index contributed by atoms with van der Waals surface area (Å²) in [6.45, 7) is 5.77. The number of nitrogens with one attached hydrogen (secondary N) is 3. The highest BCUT2D eigenvalue weighted by atomic mass is 16.1. The van der Waals surface area contributed by atoms with Gasteiger partial charge in [-0.05, 0) is 25.8 Å². The van der Waals surface area contributed by atoms with Crippen LogP contribution in [0.5, 0.6) is 0 Å². The largest absolute Gasteiger partial charge is 0.356 e. The van der Waals surface area contributed by atoms with Crippen LogP contribution >= 0.6 is 0 Å². The van der Waals surface area contributed by atoms with Crippen molar-refractivity contribution in [3.05, 3.63) is 0 Å². The van der Waals surface area contributed by atoms with E-state index in [1.807, 2.05) is 0 Å². The summed E-state index contributed by atoms with van der Waals surface area (Å²) in [5.74, 6) is 0.158. The number of hydrogen-bond donors (Lipinski definition) is 3. The molecule has 1 aliphatic rings. The van der Waals surface area contributed by atoms with Gasteiger partial charge >= 0.3 is 0 Å². The normalized spacial score (nSPS) is 20.7. The van der Waals surface area contributed by atoms with Crippen LogP contribution in [0.1, 0.15) is 39.0 Å². The van der Waals surface area contributed by atoms with E-state index in [1.54, 1.807) is 0 Å². The lowest BCUT2D eigenvalue weighted by atomic mass is 10.1. The van der Waals surface area contributed by atoms with Crippen molar-refractivity contribution in [2.75, 3.05) is 26.2 Å². The number of piperidine rings is 1. The van der Waals surface area contributed by atoms with E-state index in [4.69, 9.17) is 0 Å². The van der Waals surface area contributed by atoms with Gasteiger partial charge in [-0.25, -0.2) is 0 Å². The highest BCUT2D eigenvalue weighted by Gasteiger charge is 2.11. The molecule has 1 saturated heterocycles. The van der Waals surface area contributed by atoms with Crippen molar-refractivity contribution in [3.63, 3.8) is 0 Å². The van der Waals surface area contributed by atoms with Gasteiger partial charge in [-0.2, -0.15) is 0 Å². The van der Waals surface area contributed by atoms with Crippen molar-refractivity contribution < 1.29 is 4.79 Å². The summed E-state index contributed by atoms with van der Waals surface area (Å²) in [4.78, 5) is 11.3. The van der Waals surface area contributed by atoms with Gasteiger partial charge in [-0.1, -0.05) is 13.3 Å². The monoisotopic (exact) mass is 227 g/mol. The van der Waals surface area contributed by atoms with Crippen molar-refractivity contribution in [1.29, 1.82) is 0 Å². The van der Waals surface area contributed by atoms with Crippen molar-refractivity contribution in [3.8, 4) is 0 Å². The summed E-state index contributed by atoms with van der Waals surface area (Å²) in [5, 5.41) is 9.69. The van der Waals surface area contributed by atoms with E-state index >= 15 is 0 Å². The van der Waals surface area contributed by atoms with Crippen LogP contribution in [0.4, 0.5) is 0 Å². The first-order valence-electron chi connectivity index (χ1n) is 6.53. The van der Waals surface area contributed by atoms with Crippen LogP contribution in [0.3, 0.4) is 0 Å². The average molecular weight is 227 g/mol. The van der Waals surface area contributed by atoms with E-state index in [2.05, 4.69) is 22.9 Å². The lowest BCUT2D eigenvalue weighted by Crippen LogP contribution is -2.42. The molecule has 1 aliphatic heterocycles. The second-order valence-electron chi connectivity index (χ2n) is 4.45. The zero-order valence-electron chi connectivity index (χ0n) is 10.3. The van der Waals surface area contributed by atoms with E-state index in [0.29, 0.717) is 12.5 Å². The van der Waals surface area contributed by atoms with E-state index < -0.39 is 0 Å². The molecule has 0 aromatic carbocycles. The zero-order chi connectivity index (χ0) is 11.6. The fourth-order valence-electron chi connectivity index (χ4n) is 1.93. The fraction of sp³-hybridized carbons (Fsp3) is 0.917. The molecule has 1 atom stereocenters. The number of hydrogen-bond acceptors (Lipinski definition) is 3. The average Bonchev–Trinajstić information content (AvgIpc) is 2.33. The SMILES string of the molecule is CCCNC(=O)CCNCC1CCCCN1. The maximum Gasteiger partial charge on any atom is 0.221 e. The molecular weight excluding hydrogens is 202 g/mol. The molecule has 0 aromatic rings. The Morgan fingerprint density at radius 3 is 2.94 bits per heavy atom. The highest BCUT2D eigenvalue weighted by Crippen LogP contribution is 2.05. The van der Waals surface area contributed by atoms with Crippen LogP contribution in [0.15, 0.2) is 0 Å². The van der Waals surface area contributed by atoms with Crippen molar-refractivity contribution >= 4 is 5.91 Å². The molecule has 4 heteroatoms. The molecule has 1 heterocycles. The quantitative estimate of drug-likeness (QED) is 0.559. The van der Waals surface area contributed by atoms with Gasteiger partial charge in [0.15, 0.2) is 0 Å². The van der Waals surface area contributed by atoms with Crippen molar-refractivity contribution in [1.82, 2.24) is 16.0 Å². The second kappa shape index (κ2) is 8.53. The van der Waals surface area contributed by atoms with Crippen molar-refractivity contribution in [2.45, 2.75) is 45.1 Å². The van der Waals surface area contributed by atoms with Gasteiger partial charge in [0.25, 0.3) is 0 Å². The van der Waals surface area contributed by atoms with Gasteiger partial charge in [0.2, 0.25) is 5.91 Å². The van der Waals surface area contributed by atoms with Crippen molar-refractivity contribution in [2.24, 2.45) is 0 Å². The van der Waals surface area contributed by atoms with Gasteiger partial charge in [0.1, 0.15) is 0 Å². The first-order valence-corrected chi connectivity index (χ1v) is 6.53. The summed E-state index contributed by atoms with van der Waals surface area (Å²) in [7, 11) is 0. The molecule has 0 bridgehead atoms. The smallest absolute Gasteiger partial charge is 0.221 e. The number of carbonyl (C=O) groups is 1. The highest BCUT2D eigenvalue weighted by molar-refractivity contribution is 5.75. The molecule has 16 heavy (non-hydrogen) atoms. The zero-order valence-corrected chi connectivity index (χ0v) is 10.3. The van der Waals surface area contributed by atoms with Crippen LogP contribution in [0.2, 0.25) is 0 Å². The van der Waals surface area contributed by atoms with Gasteiger partial charge in [0.05, 0.1) is 0 Å². The minimum absolute atomic E-state index is 0.158. The molecule has 1 amide bonds. The molecule has 0 spiro atoms. The van der Waals surface area contributed by atoms with E-state index in [9.17, 15) is 4.79 Å². The van der Waals surface area contributed by atoms with Gasteiger partial charge < -0.3 is 16.0 Å². The number of amides is 1. The Morgan fingerprint density at radius 1 is 1.38 bits per heavy atom. The maximum atomic E-state index is 11.3. The third-order valence-electron chi connectivity index (χ3n) is 2.90. The predicted octanol–water partition coefficient (Wildman–Crippen LogP) is 0.634. The fourth-order valence-corrected chi connectivity index (χ4v) is 1.93. The molecule has 0 aromatic heterocycles. The molecule has 1 fully saturated rings. The topological polar surface area (TPSA) is 53.2 Å². The van der Waals surface area contributed by atoms with E-state index in [0.717, 1.165) is 32.6 Å². The molecule has 3 N–H and O–H groups in total. The Kier molecular flexibility index (Phi) is 7.17. The van der Waals surface area contributed by atoms with E-state index in [1.165, 1.54) is 19.3 Å². The van der Waals surface area contributed by atoms with Gasteiger partial charge in [0, 0.05) is 32.1 Å². The molecule has 1 unspecified atom stereocenters. The van der Waals surface area contributed by atoms with Gasteiger partial charge in [-0.15, -0.1) is 0 Å². The molecule has 4 nitrogen and oxygen atoms in total. The predicted molar refractivity (Wildman–Crippen MR) is 66.4 cm³/mol. The Balaban J connectivity index is 1.92. The maximum absolute atomic E-state index is 11.3. The van der Waals surface area contributed by atoms with Crippen LogP contribution in [-0.4, -0.2) is 38.1 Å². The second-order valence-corrected chi connectivity index (χ2v) is 4.45. The number of carbonyl (C=O) groups excluding carboxylic acids is 1. The lowest BCUT2D eigenvalue weighted by molar-refractivity contribution is -0.120. The molecule has 0 aliphatic carbocycles. The van der Waals surface area contributed by atoms with Crippen LogP contribution in [0, 0.1) is 0 Å². The first-order chi connectivity index (χ1) is 7.83. The summed E-state index contributed by atoms with van der Waals surface area (Å²) in [6.07, 6.45) is 5.49. The summed E-state index contributed by atoms with van der Waals surface area (Å²) < 4.78 is 0. The summed E-state index contributed by atoms with van der Waals surface area (Å²) >= 11 is 0. The third-order valence-corrected chi connectivity index (χ3v) is 2.90. The van der Waals surface area contributed by atoms with Crippen LogP contribution in [-0.2, 0) is 4.79 Å². The molecule has 0 radical (unpaired) electrons. The third kappa shape index (κ3) is 6.08. The Morgan fingerprint density at radius 2 is 2.25 bits per heavy atom. The number of rotatable bonds is 7. The standard InChI is InChI=1S/C12H25N3O/c1-2-7-15-12(16)6-9-13-10-11-5-3-4-8-14-11/h11,13-14H,2-10H2,1H3,(H,15,16). The first kappa shape index (κ1) is 13.5. The molecular formula is C12H25N3O. The Labute approximate surface area is 98.6 Å². The van der Waals surface area contributed by atoms with Gasteiger partial charge in [-0.3, -0.25) is 4.79 Å². The minimum Gasteiger partial charge on any atom is -0.356 e. The van der Waals surface area contributed by atoms with Crippen LogP contribution < -0.4 is 16.0 Å². The Hall–Kier alpha value is -0.610. The summed E-state index contributed by atoms with van der Waals surface area (Å²) in [5.41, 5.74) is 0. The van der Waals surface area contributed by atoms with Crippen LogP contribution in [0.25, 0.3) is 0 Å². The molecule has 1 rings (SSSR count).